The first-order chi connectivity index (χ1) is 7.29. The Morgan fingerprint density at radius 1 is 1.33 bits per heavy atom. The molecule has 2 N–H and O–H groups in total. The second-order valence-corrected chi connectivity index (χ2v) is 4.16. The molecule has 0 unspecified atom stereocenters. The highest BCUT2D eigenvalue weighted by molar-refractivity contribution is 5.94. The first kappa shape index (κ1) is 10.1. The van der Waals surface area contributed by atoms with Gasteiger partial charge in [0.25, 0.3) is 5.91 Å². The number of hydrogen-bond acceptors (Lipinski definition) is 2. The molecule has 3 heteroatoms. The normalized spacial score (nSPS) is 17.6. The van der Waals surface area contributed by atoms with E-state index in [1.54, 1.807) is 12.4 Å². The third-order valence-electron chi connectivity index (χ3n) is 3.17. The first-order valence-corrected chi connectivity index (χ1v) is 5.53. The average molecular weight is 204 g/mol. The monoisotopic (exact) mass is 204 g/mol. The number of carbonyl (C=O) groups excluding carboxylic acids is 1. The van der Waals surface area contributed by atoms with Gasteiger partial charge in [-0.2, -0.15) is 0 Å². The number of aromatic nitrogens is 1. The van der Waals surface area contributed by atoms with Crippen LogP contribution in [-0.2, 0) is 0 Å². The maximum absolute atomic E-state index is 11.2. The second-order valence-electron chi connectivity index (χ2n) is 4.16. The number of nitrogens with zero attached hydrogens (tertiary/aromatic N) is 1. The van der Waals surface area contributed by atoms with Gasteiger partial charge in [-0.15, -0.1) is 0 Å². The lowest BCUT2D eigenvalue weighted by molar-refractivity contribution is 0.0998. The maximum atomic E-state index is 11.2. The zero-order valence-corrected chi connectivity index (χ0v) is 8.78. The molecule has 1 amide bonds. The molecule has 1 aromatic heterocycles. The number of nitrogens with two attached hydrogens (primary N) is 1. The second kappa shape index (κ2) is 4.43. The number of rotatable bonds is 2. The van der Waals surface area contributed by atoms with Gasteiger partial charge in [0.05, 0.1) is 5.56 Å². The minimum Gasteiger partial charge on any atom is -0.366 e. The largest absolute Gasteiger partial charge is 0.366 e. The van der Waals surface area contributed by atoms with E-state index in [9.17, 15) is 4.79 Å². The SMILES string of the molecule is NC(=O)c1cnccc1C1CCCCC1. The van der Waals surface area contributed by atoms with E-state index >= 15 is 0 Å². The third kappa shape index (κ3) is 2.17. The van der Waals surface area contributed by atoms with Crippen LogP contribution in [0, 0.1) is 0 Å². The molecule has 0 bridgehead atoms. The molecule has 0 aromatic carbocycles. The Morgan fingerprint density at radius 3 is 2.73 bits per heavy atom. The van der Waals surface area contributed by atoms with Gasteiger partial charge in [-0.3, -0.25) is 9.78 Å². The van der Waals surface area contributed by atoms with Crippen LogP contribution in [-0.4, -0.2) is 10.9 Å². The van der Waals surface area contributed by atoms with Crippen LogP contribution in [0.15, 0.2) is 18.5 Å². The summed E-state index contributed by atoms with van der Waals surface area (Å²) >= 11 is 0. The molecule has 1 aliphatic rings. The number of hydrogen-bond donors (Lipinski definition) is 1. The van der Waals surface area contributed by atoms with Crippen LogP contribution in [0.1, 0.15) is 53.9 Å². The first-order valence-electron chi connectivity index (χ1n) is 5.53. The van der Waals surface area contributed by atoms with Crippen molar-refractivity contribution in [2.45, 2.75) is 38.0 Å². The van der Waals surface area contributed by atoms with Gasteiger partial charge in [0.15, 0.2) is 0 Å². The summed E-state index contributed by atoms with van der Waals surface area (Å²) in [7, 11) is 0. The van der Waals surface area contributed by atoms with Gasteiger partial charge in [0, 0.05) is 12.4 Å². The minimum atomic E-state index is -0.358. The van der Waals surface area contributed by atoms with Crippen LogP contribution in [0.3, 0.4) is 0 Å². The van der Waals surface area contributed by atoms with Gasteiger partial charge in [-0.25, -0.2) is 0 Å². The standard InChI is InChI=1S/C12H16N2O/c13-12(15)11-8-14-7-6-10(11)9-4-2-1-3-5-9/h6-9H,1-5H2,(H2,13,15). The summed E-state index contributed by atoms with van der Waals surface area (Å²) in [6.07, 6.45) is 9.50. The van der Waals surface area contributed by atoms with Gasteiger partial charge in [0.1, 0.15) is 0 Å². The Labute approximate surface area is 89.7 Å². The molecule has 0 aliphatic heterocycles. The van der Waals surface area contributed by atoms with Crippen molar-refractivity contribution in [2.75, 3.05) is 0 Å². The lowest BCUT2D eigenvalue weighted by atomic mass is 9.82. The molecule has 1 aliphatic carbocycles. The molecule has 1 heterocycles. The van der Waals surface area contributed by atoms with Crippen LogP contribution >= 0.6 is 0 Å². The highest BCUT2D eigenvalue weighted by Crippen LogP contribution is 2.33. The van der Waals surface area contributed by atoms with Crippen molar-refractivity contribution in [1.29, 1.82) is 0 Å². The van der Waals surface area contributed by atoms with Gasteiger partial charge in [-0.1, -0.05) is 19.3 Å². The van der Waals surface area contributed by atoms with Gasteiger partial charge in [0.2, 0.25) is 0 Å². The van der Waals surface area contributed by atoms with E-state index in [2.05, 4.69) is 4.98 Å². The van der Waals surface area contributed by atoms with Crippen LogP contribution in [0.5, 0.6) is 0 Å². The Morgan fingerprint density at radius 2 is 2.07 bits per heavy atom. The molecule has 0 radical (unpaired) electrons. The summed E-state index contributed by atoms with van der Waals surface area (Å²) < 4.78 is 0. The van der Waals surface area contributed by atoms with E-state index in [4.69, 9.17) is 5.73 Å². The van der Waals surface area contributed by atoms with E-state index in [0.717, 1.165) is 5.56 Å². The number of amides is 1. The Kier molecular flexibility index (Phi) is 2.99. The number of pyridine rings is 1. The van der Waals surface area contributed by atoms with Crippen LogP contribution < -0.4 is 5.73 Å². The van der Waals surface area contributed by atoms with E-state index < -0.39 is 0 Å². The molecular weight excluding hydrogens is 188 g/mol. The van der Waals surface area contributed by atoms with E-state index in [1.807, 2.05) is 6.07 Å². The molecular formula is C12H16N2O. The minimum absolute atomic E-state index is 0.358. The zero-order chi connectivity index (χ0) is 10.7. The molecule has 1 aromatic rings. The Bertz CT molecular complexity index is 356. The quantitative estimate of drug-likeness (QED) is 0.803. The molecule has 15 heavy (non-hydrogen) atoms. The Balaban J connectivity index is 2.29. The number of carbonyl (C=O) groups is 1. The summed E-state index contributed by atoms with van der Waals surface area (Å²) in [5.74, 6) is 0.146. The van der Waals surface area contributed by atoms with Crippen molar-refractivity contribution in [3.8, 4) is 0 Å². The summed E-state index contributed by atoms with van der Waals surface area (Å²) in [6.45, 7) is 0. The average Bonchev–Trinajstić information content (AvgIpc) is 2.30. The van der Waals surface area contributed by atoms with Crippen molar-refractivity contribution >= 4 is 5.91 Å². The lowest BCUT2D eigenvalue weighted by Crippen LogP contribution is -2.17. The van der Waals surface area contributed by atoms with Crippen molar-refractivity contribution in [3.05, 3.63) is 29.6 Å². The van der Waals surface area contributed by atoms with Crippen LogP contribution in [0.4, 0.5) is 0 Å². The van der Waals surface area contributed by atoms with E-state index in [0.29, 0.717) is 11.5 Å². The maximum Gasteiger partial charge on any atom is 0.250 e. The Hall–Kier alpha value is -1.38. The van der Waals surface area contributed by atoms with Crippen molar-refractivity contribution in [3.63, 3.8) is 0 Å². The molecule has 80 valence electrons. The van der Waals surface area contributed by atoms with Gasteiger partial charge < -0.3 is 5.73 Å². The summed E-state index contributed by atoms with van der Waals surface area (Å²) in [5.41, 5.74) is 7.04. The smallest absolute Gasteiger partial charge is 0.250 e. The predicted octanol–water partition coefficient (Wildman–Crippen LogP) is 2.23. The fraction of sp³-hybridized carbons (Fsp3) is 0.500. The lowest BCUT2D eigenvalue weighted by Gasteiger charge is -2.23. The highest BCUT2D eigenvalue weighted by atomic mass is 16.1. The molecule has 0 saturated heterocycles. The highest BCUT2D eigenvalue weighted by Gasteiger charge is 2.20. The number of primary amides is 1. The van der Waals surface area contributed by atoms with Crippen molar-refractivity contribution in [1.82, 2.24) is 4.98 Å². The zero-order valence-electron chi connectivity index (χ0n) is 8.78. The summed E-state index contributed by atoms with van der Waals surface area (Å²) in [4.78, 5) is 15.2. The van der Waals surface area contributed by atoms with Gasteiger partial charge >= 0.3 is 0 Å². The third-order valence-corrected chi connectivity index (χ3v) is 3.17. The van der Waals surface area contributed by atoms with Crippen LogP contribution in [0.25, 0.3) is 0 Å². The van der Waals surface area contributed by atoms with Gasteiger partial charge in [-0.05, 0) is 30.4 Å². The fourth-order valence-corrected chi connectivity index (χ4v) is 2.38. The topological polar surface area (TPSA) is 56.0 Å². The molecule has 3 nitrogen and oxygen atoms in total. The van der Waals surface area contributed by atoms with E-state index in [-0.39, 0.29) is 5.91 Å². The van der Waals surface area contributed by atoms with Crippen LogP contribution in [0.2, 0.25) is 0 Å². The van der Waals surface area contributed by atoms with E-state index in [1.165, 1.54) is 32.1 Å². The van der Waals surface area contributed by atoms with Crippen molar-refractivity contribution < 1.29 is 4.79 Å². The molecule has 0 spiro atoms. The fourth-order valence-electron chi connectivity index (χ4n) is 2.38. The predicted molar refractivity (Wildman–Crippen MR) is 58.6 cm³/mol. The summed E-state index contributed by atoms with van der Waals surface area (Å²) in [5, 5.41) is 0. The molecule has 2 rings (SSSR count). The molecule has 1 fully saturated rings. The summed E-state index contributed by atoms with van der Waals surface area (Å²) in [6, 6.07) is 1.94. The molecule has 1 saturated carbocycles. The molecule has 0 atom stereocenters. The van der Waals surface area contributed by atoms with Crippen molar-refractivity contribution in [2.24, 2.45) is 5.73 Å².